The van der Waals surface area contributed by atoms with Crippen LogP contribution < -0.4 is 15.2 Å². The molecule has 1 aliphatic heterocycles. The van der Waals surface area contributed by atoms with Crippen LogP contribution in [0.3, 0.4) is 0 Å². The van der Waals surface area contributed by atoms with Crippen LogP contribution in [-0.4, -0.2) is 13.2 Å². The second-order valence-corrected chi connectivity index (χ2v) is 5.16. The second-order valence-electron chi connectivity index (χ2n) is 5.16. The highest BCUT2D eigenvalue weighted by Gasteiger charge is 2.25. The highest BCUT2D eigenvalue weighted by molar-refractivity contribution is 5.79. The molecular formula is C15H13N3O4. The van der Waals surface area contributed by atoms with Crippen molar-refractivity contribution in [2.75, 3.05) is 18.9 Å². The molecule has 4 rings (SSSR count). The number of anilines is 1. The Bertz CT molecular complexity index is 891. The first kappa shape index (κ1) is 13.1. The van der Waals surface area contributed by atoms with E-state index in [1.807, 2.05) is 0 Å². The molecule has 2 heterocycles. The summed E-state index contributed by atoms with van der Waals surface area (Å²) in [6.45, 7) is 1.02. The van der Waals surface area contributed by atoms with E-state index in [-0.39, 0.29) is 22.1 Å². The summed E-state index contributed by atoms with van der Waals surface area (Å²) in [5.41, 5.74) is 7.89. The van der Waals surface area contributed by atoms with Gasteiger partial charge in [0.1, 0.15) is 0 Å². The third-order valence-corrected chi connectivity index (χ3v) is 3.77. The maximum Gasteiger partial charge on any atom is 0.292 e. The van der Waals surface area contributed by atoms with Crippen molar-refractivity contribution in [3.63, 3.8) is 0 Å². The molecule has 0 bridgehead atoms. The number of hydrogen-bond acceptors (Lipinski definition) is 5. The van der Waals surface area contributed by atoms with Crippen LogP contribution in [0.25, 0.3) is 22.1 Å². The zero-order valence-corrected chi connectivity index (χ0v) is 11.6. The molecule has 7 heteroatoms. The van der Waals surface area contributed by atoms with Gasteiger partial charge in [-0.1, -0.05) is 0 Å². The maximum absolute atomic E-state index is 12.6. The lowest BCUT2D eigenvalue weighted by Crippen LogP contribution is -2.39. The summed E-state index contributed by atoms with van der Waals surface area (Å²) >= 11 is 0. The molecule has 1 aliphatic rings. The molecule has 0 unspecified atom stereocenters. The van der Waals surface area contributed by atoms with E-state index < -0.39 is 6.29 Å². The monoisotopic (exact) mass is 299 g/mol. The minimum atomic E-state index is -0.499. The van der Waals surface area contributed by atoms with Crippen molar-refractivity contribution in [3.8, 4) is 0 Å². The van der Waals surface area contributed by atoms with Crippen LogP contribution in [0, 0.1) is 10.4 Å². The Morgan fingerprint density at radius 3 is 2.18 bits per heavy atom. The fourth-order valence-corrected chi connectivity index (χ4v) is 2.71. The van der Waals surface area contributed by atoms with Crippen LogP contribution in [0.2, 0.25) is 0 Å². The summed E-state index contributed by atoms with van der Waals surface area (Å²) in [5.74, 6) is 0. The van der Waals surface area contributed by atoms with Gasteiger partial charge in [0.25, 0.3) is 22.1 Å². The number of ether oxygens (including phenoxy) is 2. The summed E-state index contributed by atoms with van der Waals surface area (Å²) in [7, 11) is 0. The van der Waals surface area contributed by atoms with Crippen molar-refractivity contribution in [3.05, 3.63) is 52.4 Å². The van der Waals surface area contributed by atoms with E-state index >= 15 is 0 Å². The molecule has 22 heavy (non-hydrogen) atoms. The molecule has 112 valence electrons. The minimum Gasteiger partial charge on any atom is -0.617 e. The quantitative estimate of drug-likeness (QED) is 0.311. The number of benzene rings is 2. The molecule has 0 radical (unpaired) electrons. The molecule has 0 amide bonds. The largest absolute Gasteiger partial charge is 0.617 e. The Morgan fingerprint density at radius 2 is 1.45 bits per heavy atom. The highest BCUT2D eigenvalue weighted by atomic mass is 16.7. The van der Waals surface area contributed by atoms with Gasteiger partial charge in [-0.3, -0.25) is 0 Å². The predicted octanol–water partition coefficient (Wildman–Crippen LogP) is 0.887. The summed E-state index contributed by atoms with van der Waals surface area (Å²) in [6.07, 6.45) is -0.499. The molecular weight excluding hydrogens is 286 g/mol. The van der Waals surface area contributed by atoms with Gasteiger partial charge in [0.15, 0.2) is 6.29 Å². The lowest BCUT2D eigenvalue weighted by molar-refractivity contribution is -0.591. The summed E-state index contributed by atoms with van der Waals surface area (Å²) < 4.78 is 12.3. The van der Waals surface area contributed by atoms with Gasteiger partial charge in [0.2, 0.25) is 0 Å². The molecule has 1 fully saturated rings. The van der Waals surface area contributed by atoms with Gasteiger partial charge in [0.05, 0.1) is 13.2 Å². The number of hydrogen-bond donors (Lipinski definition) is 1. The molecule has 0 aliphatic carbocycles. The number of nitrogens with two attached hydrogens (primary N) is 1. The third-order valence-electron chi connectivity index (χ3n) is 3.77. The van der Waals surface area contributed by atoms with E-state index in [1.54, 1.807) is 30.3 Å². The zero-order chi connectivity index (χ0) is 15.3. The Kier molecular flexibility index (Phi) is 2.78. The number of rotatable bonds is 1. The number of aromatic nitrogens is 2. The van der Waals surface area contributed by atoms with Crippen LogP contribution in [0.15, 0.2) is 36.4 Å². The molecule has 1 aromatic heterocycles. The van der Waals surface area contributed by atoms with Crippen molar-refractivity contribution < 1.29 is 18.9 Å². The van der Waals surface area contributed by atoms with E-state index in [9.17, 15) is 10.4 Å². The lowest BCUT2D eigenvalue weighted by atomic mass is 10.1. The lowest BCUT2D eigenvalue weighted by Gasteiger charge is -2.11. The van der Waals surface area contributed by atoms with E-state index in [0.717, 1.165) is 4.73 Å². The van der Waals surface area contributed by atoms with Crippen LogP contribution in [0.4, 0.5) is 5.69 Å². The van der Waals surface area contributed by atoms with Crippen molar-refractivity contribution in [2.45, 2.75) is 6.29 Å². The van der Waals surface area contributed by atoms with Gasteiger partial charge < -0.3 is 25.6 Å². The first-order chi connectivity index (χ1) is 10.6. The molecule has 2 aromatic carbocycles. The van der Waals surface area contributed by atoms with Crippen molar-refractivity contribution in [1.29, 1.82) is 0 Å². The van der Waals surface area contributed by atoms with Crippen molar-refractivity contribution >= 4 is 27.8 Å². The van der Waals surface area contributed by atoms with Gasteiger partial charge >= 0.3 is 0 Å². The Balaban J connectivity index is 2.02. The molecule has 1 saturated heterocycles. The average Bonchev–Trinajstić information content (AvgIpc) is 3.06. The standard InChI is InChI=1S/C15H13N3O4/c16-10-2-4-12-14(8-10)18(20)13-7-9(15-21-5-6-22-15)1-3-11(13)17(12)19/h1-4,7-8,15H,5-6,16H2. The third kappa shape index (κ3) is 1.83. The van der Waals surface area contributed by atoms with Crippen LogP contribution in [-0.2, 0) is 9.47 Å². The van der Waals surface area contributed by atoms with Gasteiger partial charge in [-0.25, -0.2) is 0 Å². The predicted molar refractivity (Wildman–Crippen MR) is 78.4 cm³/mol. The second kappa shape index (κ2) is 4.69. The number of nitrogen functional groups attached to an aromatic ring is 1. The molecule has 2 N–H and O–H groups in total. The Hall–Kier alpha value is -2.64. The Morgan fingerprint density at radius 1 is 0.864 bits per heavy atom. The van der Waals surface area contributed by atoms with Crippen LogP contribution in [0.1, 0.15) is 11.9 Å². The first-order valence-electron chi connectivity index (χ1n) is 6.86. The van der Waals surface area contributed by atoms with E-state index in [1.165, 1.54) is 6.07 Å². The van der Waals surface area contributed by atoms with Gasteiger partial charge in [-0.15, -0.1) is 0 Å². The van der Waals surface area contributed by atoms with Crippen molar-refractivity contribution in [2.24, 2.45) is 0 Å². The topological polar surface area (TPSA) is 98.4 Å². The summed E-state index contributed by atoms with van der Waals surface area (Å²) in [6, 6.07) is 9.59. The van der Waals surface area contributed by atoms with Gasteiger partial charge in [-0.05, 0) is 12.1 Å². The fourth-order valence-electron chi connectivity index (χ4n) is 2.71. The molecule has 0 saturated carbocycles. The molecule has 0 spiro atoms. The molecule has 0 atom stereocenters. The SMILES string of the molecule is Nc1ccc2c(c1)[n+]([O-])c1cc(C3OCCO3)ccc1[n+]2[O-]. The van der Waals surface area contributed by atoms with Gasteiger partial charge in [0, 0.05) is 35.5 Å². The summed E-state index contributed by atoms with van der Waals surface area (Å²) in [5, 5.41) is 25.0. The van der Waals surface area contributed by atoms with E-state index in [2.05, 4.69) is 0 Å². The van der Waals surface area contributed by atoms with E-state index in [0.29, 0.717) is 29.2 Å². The highest BCUT2D eigenvalue weighted by Crippen LogP contribution is 2.25. The van der Waals surface area contributed by atoms with E-state index in [4.69, 9.17) is 15.2 Å². The molecule has 7 nitrogen and oxygen atoms in total. The fraction of sp³-hybridized carbons (Fsp3) is 0.200. The van der Waals surface area contributed by atoms with Gasteiger partial charge in [-0.2, -0.15) is 9.46 Å². The van der Waals surface area contributed by atoms with Crippen LogP contribution in [0.5, 0.6) is 0 Å². The smallest absolute Gasteiger partial charge is 0.292 e. The molecule has 3 aromatic rings. The van der Waals surface area contributed by atoms with Crippen molar-refractivity contribution in [1.82, 2.24) is 0 Å². The number of nitrogens with zero attached hydrogens (tertiary/aromatic N) is 2. The van der Waals surface area contributed by atoms with Crippen LogP contribution >= 0.6 is 0 Å². The maximum atomic E-state index is 12.6. The zero-order valence-electron chi connectivity index (χ0n) is 11.6. The summed E-state index contributed by atoms with van der Waals surface area (Å²) in [4.78, 5) is 0. The first-order valence-corrected chi connectivity index (χ1v) is 6.86. The normalized spacial score (nSPS) is 15.8. The Labute approximate surface area is 125 Å². The minimum absolute atomic E-state index is 0.230. The number of fused-ring (bicyclic) bond motifs is 2. The average molecular weight is 299 g/mol.